The van der Waals surface area contributed by atoms with Gasteiger partial charge in [-0.15, -0.1) is 0 Å². The van der Waals surface area contributed by atoms with Crippen molar-refractivity contribution in [2.24, 2.45) is 5.73 Å². The third-order valence-electron chi connectivity index (χ3n) is 3.23. The SMILES string of the molecule is COC(=O)C(N)(Cc1ccccc1)c1ccc(Br)cc1. The fourth-order valence-corrected chi connectivity index (χ4v) is 2.40. The maximum Gasteiger partial charge on any atom is 0.330 e. The van der Waals surface area contributed by atoms with E-state index in [0.29, 0.717) is 6.42 Å². The van der Waals surface area contributed by atoms with Crippen LogP contribution in [0.25, 0.3) is 0 Å². The van der Waals surface area contributed by atoms with Crippen molar-refractivity contribution in [2.45, 2.75) is 12.0 Å². The number of hydrogen-bond acceptors (Lipinski definition) is 3. The van der Waals surface area contributed by atoms with Gasteiger partial charge in [-0.25, -0.2) is 4.79 Å². The van der Waals surface area contributed by atoms with Gasteiger partial charge in [0.2, 0.25) is 0 Å². The standard InChI is InChI=1S/C16H16BrNO2/c1-20-15(19)16(18,11-12-5-3-2-4-6-12)13-7-9-14(17)10-8-13/h2-10H,11,18H2,1H3. The highest BCUT2D eigenvalue weighted by molar-refractivity contribution is 9.10. The first-order valence-electron chi connectivity index (χ1n) is 6.23. The van der Waals surface area contributed by atoms with Crippen molar-refractivity contribution in [1.29, 1.82) is 0 Å². The molecule has 0 bridgehead atoms. The van der Waals surface area contributed by atoms with Crippen LogP contribution in [0.15, 0.2) is 59.1 Å². The van der Waals surface area contributed by atoms with Gasteiger partial charge < -0.3 is 10.5 Å². The molecule has 0 spiro atoms. The number of esters is 1. The van der Waals surface area contributed by atoms with E-state index in [1.165, 1.54) is 7.11 Å². The average Bonchev–Trinajstić information content (AvgIpc) is 2.48. The molecule has 0 radical (unpaired) electrons. The summed E-state index contributed by atoms with van der Waals surface area (Å²) in [7, 11) is 1.35. The summed E-state index contributed by atoms with van der Waals surface area (Å²) in [5.41, 5.74) is 6.90. The lowest BCUT2D eigenvalue weighted by molar-refractivity contribution is -0.147. The summed E-state index contributed by atoms with van der Waals surface area (Å²) in [4.78, 5) is 12.2. The Morgan fingerprint density at radius 2 is 1.75 bits per heavy atom. The van der Waals surface area contributed by atoms with Crippen molar-refractivity contribution < 1.29 is 9.53 Å². The minimum atomic E-state index is -1.18. The zero-order valence-corrected chi connectivity index (χ0v) is 12.8. The molecule has 2 rings (SSSR count). The monoisotopic (exact) mass is 333 g/mol. The number of methoxy groups -OCH3 is 1. The van der Waals surface area contributed by atoms with Crippen molar-refractivity contribution in [1.82, 2.24) is 0 Å². The predicted molar refractivity (Wildman–Crippen MR) is 82.2 cm³/mol. The summed E-state index contributed by atoms with van der Waals surface area (Å²) in [6.07, 6.45) is 0.391. The third kappa shape index (κ3) is 3.08. The van der Waals surface area contributed by atoms with Crippen LogP contribution >= 0.6 is 15.9 Å². The van der Waals surface area contributed by atoms with Crippen molar-refractivity contribution in [3.63, 3.8) is 0 Å². The van der Waals surface area contributed by atoms with Crippen LogP contribution in [0.2, 0.25) is 0 Å². The first-order chi connectivity index (χ1) is 9.56. The zero-order chi connectivity index (χ0) is 14.6. The van der Waals surface area contributed by atoms with Gasteiger partial charge in [0, 0.05) is 10.9 Å². The second-order valence-electron chi connectivity index (χ2n) is 4.63. The third-order valence-corrected chi connectivity index (χ3v) is 3.76. The van der Waals surface area contributed by atoms with Crippen molar-refractivity contribution >= 4 is 21.9 Å². The second-order valence-corrected chi connectivity index (χ2v) is 5.55. The minimum absolute atomic E-state index is 0.391. The van der Waals surface area contributed by atoms with Gasteiger partial charge in [-0.05, 0) is 23.3 Å². The maximum atomic E-state index is 12.2. The molecule has 0 aromatic heterocycles. The highest BCUT2D eigenvalue weighted by Crippen LogP contribution is 2.26. The average molecular weight is 334 g/mol. The van der Waals surface area contributed by atoms with E-state index in [-0.39, 0.29) is 0 Å². The molecule has 0 saturated carbocycles. The van der Waals surface area contributed by atoms with Gasteiger partial charge in [-0.1, -0.05) is 58.4 Å². The van der Waals surface area contributed by atoms with E-state index in [4.69, 9.17) is 10.5 Å². The van der Waals surface area contributed by atoms with Gasteiger partial charge in [0.15, 0.2) is 0 Å². The van der Waals surface area contributed by atoms with E-state index < -0.39 is 11.5 Å². The number of nitrogens with two attached hydrogens (primary N) is 1. The molecule has 0 heterocycles. The number of carbonyl (C=O) groups is 1. The fraction of sp³-hybridized carbons (Fsp3) is 0.188. The summed E-state index contributed by atoms with van der Waals surface area (Å²) in [6.45, 7) is 0. The number of rotatable bonds is 4. The number of carbonyl (C=O) groups excluding carboxylic acids is 1. The van der Waals surface area contributed by atoms with E-state index in [0.717, 1.165) is 15.6 Å². The summed E-state index contributed by atoms with van der Waals surface area (Å²) in [6, 6.07) is 17.1. The van der Waals surface area contributed by atoms with Crippen molar-refractivity contribution in [2.75, 3.05) is 7.11 Å². The molecule has 3 nitrogen and oxygen atoms in total. The van der Waals surface area contributed by atoms with E-state index >= 15 is 0 Å². The molecule has 20 heavy (non-hydrogen) atoms. The molecule has 2 N–H and O–H groups in total. The Morgan fingerprint density at radius 3 is 2.30 bits per heavy atom. The lowest BCUT2D eigenvalue weighted by Gasteiger charge is -2.27. The van der Waals surface area contributed by atoms with Gasteiger partial charge in [0.25, 0.3) is 0 Å². The summed E-state index contributed by atoms with van der Waals surface area (Å²) < 4.78 is 5.83. The van der Waals surface area contributed by atoms with Crippen LogP contribution in [-0.4, -0.2) is 13.1 Å². The topological polar surface area (TPSA) is 52.3 Å². The summed E-state index contributed by atoms with van der Waals surface area (Å²) >= 11 is 3.38. The van der Waals surface area contributed by atoms with Crippen LogP contribution in [0.4, 0.5) is 0 Å². The molecule has 0 aliphatic carbocycles. The van der Waals surface area contributed by atoms with Gasteiger partial charge in [0.1, 0.15) is 5.54 Å². The smallest absolute Gasteiger partial charge is 0.330 e. The maximum absolute atomic E-state index is 12.2. The molecule has 1 unspecified atom stereocenters. The number of halogens is 1. The van der Waals surface area contributed by atoms with Crippen LogP contribution in [0, 0.1) is 0 Å². The first kappa shape index (κ1) is 14.8. The first-order valence-corrected chi connectivity index (χ1v) is 7.03. The fourth-order valence-electron chi connectivity index (χ4n) is 2.14. The van der Waals surface area contributed by atoms with Crippen molar-refractivity contribution in [3.05, 3.63) is 70.2 Å². The van der Waals surface area contributed by atoms with Crippen LogP contribution in [0.1, 0.15) is 11.1 Å². The molecule has 4 heteroatoms. The highest BCUT2D eigenvalue weighted by Gasteiger charge is 2.37. The molecular weight excluding hydrogens is 318 g/mol. The van der Waals surface area contributed by atoms with Crippen molar-refractivity contribution in [3.8, 4) is 0 Å². The van der Waals surface area contributed by atoms with Gasteiger partial charge in [0.05, 0.1) is 7.11 Å². The van der Waals surface area contributed by atoms with Crippen LogP contribution in [-0.2, 0) is 21.5 Å². The second kappa shape index (κ2) is 6.20. The van der Waals surface area contributed by atoms with Gasteiger partial charge in [-0.2, -0.15) is 0 Å². The Kier molecular flexibility index (Phi) is 4.57. The predicted octanol–water partition coefficient (Wildman–Crippen LogP) is 3.02. The molecule has 2 aromatic carbocycles. The van der Waals surface area contributed by atoms with Crippen LogP contribution in [0.3, 0.4) is 0 Å². The Labute approximate surface area is 126 Å². The Morgan fingerprint density at radius 1 is 1.15 bits per heavy atom. The molecular formula is C16H16BrNO2. The lowest BCUT2D eigenvalue weighted by atomic mass is 9.85. The molecule has 0 aliphatic rings. The molecule has 0 amide bonds. The van der Waals surface area contributed by atoms with Gasteiger partial charge in [-0.3, -0.25) is 0 Å². The normalized spacial score (nSPS) is 13.6. The van der Waals surface area contributed by atoms with E-state index in [9.17, 15) is 4.79 Å². The minimum Gasteiger partial charge on any atom is -0.467 e. The summed E-state index contributed by atoms with van der Waals surface area (Å²) in [5, 5.41) is 0. The zero-order valence-electron chi connectivity index (χ0n) is 11.2. The quantitative estimate of drug-likeness (QED) is 0.875. The van der Waals surface area contributed by atoms with E-state index in [1.54, 1.807) is 0 Å². The molecule has 104 valence electrons. The Balaban J connectivity index is 2.40. The highest BCUT2D eigenvalue weighted by atomic mass is 79.9. The van der Waals surface area contributed by atoms with Crippen LogP contribution < -0.4 is 5.73 Å². The lowest BCUT2D eigenvalue weighted by Crippen LogP contribution is -2.47. The molecule has 0 aliphatic heterocycles. The van der Waals surface area contributed by atoms with E-state index in [1.807, 2.05) is 54.6 Å². The molecule has 0 saturated heterocycles. The van der Waals surface area contributed by atoms with Gasteiger partial charge >= 0.3 is 5.97 Å². The van der Waals surface area contributed by atoms with E-state index in [2.05, 4.69) is 15.9 Å². The molecule has 1 atom stereocenters. The number of benzene rings is 2. The Hall–Kier alpha value is -1.65. The molecule has 0 fully saturated rings. The summed E-state index contributed by atoms with van der Waals surface area (Å²) in [5.74, 6) is -0.441. The number of ether oxygens (including phenoxy) is 1. The number of hydrogen-bond donors (Lipinski definition) is 1. The Bertz CT molecular complexity index is 583. The molecule has 2 aromatic rings. The van der Waals surface area contributed by atoms with Crippen LogP contribution in [0.5, 0.6) is 0 Å². The largest absolute Gasteiger partial charge is 0.467 e.